The molecule has 0 bridgehead atoms. The van der Waals surface area contributed by atoms with Crippen LogP contribution in [-0.4, -0.2) is 38.6 Å². The molecule has 0 saturated carbocycles. The molecule has 12 heteroatoms. The Hall–Kier alpha value is -3.96. The second-order valence-electron chi connectivity index (χ2n) is 7.68. The Balaban J connectivity index is 1.88. The molecule has 0 atom stereocenters. The summed E-state index contributed by atoms with van der Waals surface area (Å²) in [6.45, 7) is 2.84. The molecule has 36 heavy (non-hydrogen) atoms. The minimum absolute atomic E-state index is 0.00148. The SMILES string of the molecule is COc1ccc(N(CC(=O)N/N=C(/C)c2ccc([N+](=O)[O-])cc2)S(=O)(=O)c2ccc(C)cc2)cc1Cl. The third-order valence-corrected chi connectivity index (χ3v) is 7.25. The quantitative estimate of drug-likeness (QED) is 0.249. The van der Waals surface area contributed by atoms with Crippen LogP contribution < -0.4 is 14.5 Å². The Bertz CT molecular complexity index is 1410. The molecule has 10 nitrogen and oxygen atoms in total. The molecular formula is C24H23ClN4O6S. The van der Waals surface area contributed by atoms with Crippen molar-refractivity contribution in [1.82, 2.24) is 5.43 Å². The van der Waals surface area contributed by atoms with Crippen molar-refractivity contribution in [3.63, 3.8) is 0 Å². The fourth-order valence-electron chi connectivity index (χ4n) is 3.16. The van der Waals surface area contributed by atoms with Crippen molar-refractivity contribution in [3.05, 3.63) is 93.0 Å². The summed E-state index contributed by atoms with van der Waals surface area (Å²) in [7, 11) is -2.71. The molecule has 0 aliphatic heterocycles. The van der Waals surface area contributed by atoms with Gasteiger partial charge in [-0.05, 0) is 61.9 Å². The van der Waals surface area contributed by atoms with Crippen molar-refractivity contribution in [2.24, 2.45) is 5.10 Å². The number of benzene rings is 3. The van der Waals surface area contributed by atoms with Crippen LogP contribution >= 0.6 is 11.6 Å². The van der Waals surface area contributed by atoms with E-state index < -0.39 is 27.4 Å². The smallest absolute Gasteiger partial charge is 0.269 e. The molecule has 3 aromatic rings. The number of ether oxygens (including phenoxy) is 1. The number of nitrogens with zero attached hydrogens (tertiary/aromatic N) is 3. The van der Waals surface area contributed by atoms with E-state index in [2.05, 4.69) is 10.5 Å². The first-order valence-corrected chi connectivity index (χ1v) is 12.4. The van der Waals surface area contributed by atoms with E-state index in [1.165, 1.54) is 61.7 Å². The maximum Gasteiger partial charge on any atom is 0.269 e. The van der Waals surface area contributed by atoms with E-state index in [0.717, 1.165) is 9.87 Å². The van der Waals surface area contributed by atoms with Gasteiger partial charge in [-0.25, -0.2) is 13.8 Å². The number of non-ortho nitro benzene ring substituents is 1. The van der Waals surface area contributed by atoms with Gasteiger partial charge < -0.3 is 4.74 Å². The predicted molar refractivity (Wildman–Crippen MR) is 137 cm³/mol. The zero-order chi connectivity index (χ0) is 26.5. The molecule has 3 rings (SSSR count). The number of amides is 1. The summed E-state index contributed by atoms with van der Waals surface area (Å²) in [5, 5.41) is 15.0. The standard InChI is InChI=1S/C24H23ClN4O6S/c1-16-4-11-21(12-5-16)36(33,34)28(20-10-13-23(35-3)22(25)14-20)15-24(30)27-26-17(2)18-6-8-19(9-7-18)29(31)32/h4-14H,15H2,1-3H3,(H,27,30)/b26-17-. The first-order valence-electron chi connectivity index (χ1n) is 10.5. The van der Waals surface area contributed by atoms with Crippen molar-refractivity contribution >= 4 is 44.6 Å². The Morgan fingerprint density at radius 2 is 1.75 bits per heavy atom. The molecule has 0 aliphatic carbocycles. The van der Waals surface area contributed by atoms with Crippen LogP contribution in [-0.2, 0) is 14.8 Å². The van der Waals surface area contributed by atoms with Gasteiger partial charge in [-0.1, -0.05) is 29.3 Å². The number of anilines is 1. The van der Waals surface area contributed by atoms with Crippen LogP contribution in [0.1, 0.15) is 18.1 Å². The maximum absolute atomic E-state index is 13.5. The van der Waals surface area contributed by atoms with E-state index >= 15 is 0 Å². The lowest BCUT2D eigenvalue weighted by atomic mass is 10.1. The number of hydrogen-bond donors (Lipinski definition) is 1. The molecule has 0 heterocycles. The monoisotopic (exact) mass is 530 g/mol. The first-order chi connectivity index (χ1) is 17.0. The number of nitrogens with one attached hydrogen (secondary N) is 1. The van der Waals surface area contributed by atoms with Gasteiger partial charge in [-0.15, -0.1) is 0 Å². The first kappa shape index (κ1) is 26.6. The number of nitro benzene ring substituents is 1. The van der Waals surface area contributed by atoms with E-state index in [1.54, 1.807) is 19.1 Å². The highest BCUT2D eigenvalue weighted by Gasteiger charge is 2.28. The lowest BCUT2D eigenvalue weighted by molar-refractivity contribution is -0.384. The van der Waals surface area contributed by atoms with E-state index in [9.17, 15) is 23.3 Å². The summed E-state index contributed by atoms with van der Waals surface area (Å²) in [6, 6.07) is 16.2. The molecule has 0 spiro atoms. The van der Waals surface area contributed by atoms with Crippen LogP contribution in [0.25, 0.3) is 0 Å². The molecule has 0 aliphatic rings. The average Bonchev–Trinajstić information content (AvgIpc) is 2.86. The molecule has 3 aromatic carbocycles. The maximum atomic E-state index is 13.5. The summed E-state index contributed by atoms with van der Waals surface area (Å²) >= 11 is 6.22. The average molecular weight is 531 g/mol. The van der Waals surface area contributed by atoms with Crippen molar-refractivity contribution in [1.29, 1.82) is 0 Å². The molecule has 188 valence electrons. The van der Waals surface area contributed by atoms with Crippen molar-refractivity contribution in [3.8, 4) is 5.75 Å². The molecular weight excluding hydrogens is 508 g/mol. The van der Waals surface area contributed by atoms with Gasteiger partial charge in [0.05, 0.1) is 33.4 Å². The molecule has 0 fully saturated rings. The van der Waals surface area contributed by atoms with Crippen LogP contribution in [0.2, 0.25) is 5.02 Å². The summed E-state index contributed by atoms with van der Waals surface area (Å²) in [5.74, 6) is -0.361. The topological polar surface area (TPSA) is 131 Å². The minimum Gasteiger partial charge on any atom is -0.495 e. The van der Waals surface area contributed by atoms with Gasteiger partial charge in [0, 0.05) is 12.1 Å². The number of carbonyl (C=O) groups is 1. The Morgan fingerprint density at radius 3 is 2.31 bits per heavy atom. The van der Waals surface area contributed by atoms with Crippen molar-refractivity contribution in [2.45, 2.75) is 18.7 Å². The molecule has 0 unspecified atom stereocenters. The van der Waals surface area contributed by atoms with Crippen molar-refractivity contribution in [2.75, 3.05) is 18.0 Å². The van der Waals surface area contributed by atoms with Crippen molar-refractivity contribution < 1.29 is 22.9 Å². The number of rotatable bonds is 9. The number of halogens is 1. The highest BCUT2D eigenvalue weighted by Crippen LogP contribution is 2.32. The number of methoxy groups -OCH3 is 1. The van der Waals surface area contributed by atoms with Crippen LogP contribution in [0, 0.1) is 17.0 Å². The van der Waals surface area contributed by atoms with Crippen LogP contribution in [0.5, 0.6) is 5.75 Å². The number of nitro groups is 1. The van der Waals surface area contributed by atoms with Crippen LogP contribution in [0.4, 0.5) is 11.4 Å². The highest BCUT2D eigenvalue weighted by atomic mass is 35.5. The third-order valence-electron chi connectivity index (χ3n) is 5.16. The van der Waals surface area contributed by atoms with Crippen LogP contribution in [0.15, 0.2) is 76.7 Å². The number of sulfonamides is 1. The summed E-state index contributed by atoms with van der Waals surface area (Å²) < 4.78 is 33.0. The zero-order valence-electron chi connectivity index (χ0n) is 19.6. The van der Waals surface area contributed by atoms with E-state index in [0.29, 0.717) is 17.0 Å². The van der Waals surface area contributed by atoms with Gasteiger partial charge in [0.1, 0.15) is 12.3 Å². The Morgan fingerprint density at radius 1 is 1.11 bits per heavy atom. The molecule has 1 amide bonds. The van der Waals surface area contributed by atoms with Gasteiger partial charge in [0.15, 0.2) is 0 Å². The lowest BCUT2D eigenvalue weighted by Crippen LogP contribution is -2.39. The predicted octanol–water partition coefficient (Wildman–Crippen LogP) is 4.30. The molecule has 0 saturated heterocycles. The number of hydrazone groups is 1. The minimum atomic E-state index is -4.15. The number of carbonyl (C=O) groups excluding carboxylic acids is 1. The van der Waals surface area contributed by atoms with Gasteiger partial charge in [0.2, 0.25) is 0 Å². The summed E-state index contributed by atoms with van der Waals surface area (Å²) in [5.41, 5.74) is 4.22. The lowest BCUT2D eigenvalue weighted by Gasteiger charge is -2.24. The van der Waals surface area contributed by atoms with E-state index in [-0.39, 0.29) is 21.3 Å². The normalized spacial score (nSPS) is 11.6. The summed E-state index contributed by atoms with van der Waals surface area (Å²) in [4.78, 5) is 23.1. The Kier molecular flexibility index (Phi) is 8.28. The zero-order valence-corrected chi connectivity index (χ0v) is 21.2. The molecule has 0 radical (unpaired) electrons. The second kappa shape index (κ2) is 11.2. The van der Waals surface area contributed by atoms with Gasteiger partial charge in [-0.3, -0.25) is 19.2 Å². The van der Waals surface area contributed by atoms with Gasteiger partial charge in [0.25, 0.3) is 21.6 Å². The van der Waals surface area contributed by atoms with Crippen LogP contribution in [0.3, 0.4) is 0 Å². The second-order valence-corrected chi connectivity index (χ2v) is 9.95. The largest absolute Gasteiger partial charge is 0.495 e. The van der Waals surface area contributed by atoms with Gasteiger partial charge >= 0.3 is 0 Å². The molecule has 0 aromatic heterocycles. The van der Waals surface area contributed by atoms with E-state index in [4.69, 9.17) is 16.3 Å². The third kappa shape index (κ3) is 6.18. The molecule has 1 N–H and O–H groups in total. The van der Waals surface area contributed by atoms with E-state index in [1.807, 2.05) is 6.92 Å². The number of aryl methyl sites for hydroxylation is 1. The number of hydrogen-bond acceptors (Lipinski definition) is 7. The fourth-order valence-corrected chi connectivity index (χ4v) is 4.83. The Labute approximate surface area is 213 Å². The summed E-state index contributed by atoms with van der Waals surface area (Å²) in [6.07, 6.45) is 0. The highest BCUT2D eigenvalue weighted by molar-refractivity contribution is 7.92. The van der Waals surface area contributed by atoms with Gasteiger partial charge in [-0.2, -0.15) is 5.10 Å². The fraction of sp³-hybridized carbons (Fsp3) is 0.167.